The molecule has 2 rings (SSSR count). The Morgan fingerprint density at radius 1 is 1.33 bits per heavy atom. The molecule has 1 aromatic heterocycles. The Morgan fingerprint density at radius 2 is 2.17 bits per heavy atom. The quantitative estimate of drug-likeness (QED) is 0.397. The summed E-state index contributed by atoms with van der Waals surface area (Å²) in [5, 5.41) is 10.3. The van der Waals surface area contributed by atoms with Crippen molar-refractivity contribution in [1.29, 1.82) is 0 Å². The van der Waals surface area contributed by atoms with Gasteiger partial charge in [-0.05, 0) is 32.1 Å². The van der Waals surface area contributed by atoms with Gasteiger partial charge in [0.15, 0.2) is 11.8 Å². The van der Waals surface area contributed by atoms with E-state index in [0.717, 1.165) is 64.7 Å². The molecule has 1 aromatic rings. The maximum atomic E-state index is 5.76. The topological polar surface area (TPSA) is 93.8 Å². The van der Waals surface area contributed by atoms with E-state index in [2.05, 4.69) is 25.8 Å². The zero-order valence-electron chi connectivity index (χ0n) is 14.7. The predicted molar refractivity (Wildman–Crippen MR) is 90.8 cm³/mol. The molecule has 0 spiro atoms. The molecular weight excluding hydrogens is 310 g/mol. The molecule has 1 aliphatic heterocycles. The highest BCUT2D eigenvalue weighted by atomic mass is 16.5. The molecule has 2 N–H and O–H groups in total. The van der Waals surface area contributed by atoms with Gasteiger partial charge in [-0.3, -0.25) is 0 Å². The van der Waals surface area contributed by atoms with Crippen molar-refractivity contribution in [3.8, 4) is 0 Å². The SMILES string of the molecule is CCNC(=NCc1noc(C)n1)NCCCOCC1CCOCC1. The molecule has 0 unspecified atom stereocenters. The van der Waals surface area contributed by atoms with Crippen molar-refractivity contribution >= 4 is 5.96 Å². The molecule has 0 aromatic carbocycles. The highest BCUT2D eigenvalue weighted by molar-refractivity contribution is 5.79. The summed E-state index contributed by atoms with van der Waals surface area (Å²) < 4.78 is 16.0. The Morgan fingerprint density at radius 3 is 2.88 bits per heavy atom. The number of aromatic nitrogens is 2. The van der Waals surface area contributed by atoms with Gasteiger partial charge in [-0.15, -0.1) is 0 Å². The maximum Gasteiger partial charge on any atom is 0.223 e. The van der Waals surface area contributed by atoms with Gasteiger partial charge in [-0.2, -0.15) is 4.98 Å². The molecule has 0 atom stereocenters. The van der Waals surface area contributed by atoms with Crippen LogP contribution in [-0.4, -0.2) is 55.6 Å². The van der Waals surface area contributed by atoms with Crippen LogP contribution in [0.5, 0.6) is 0 Å². The van der Waals surface area contributed by atoms with E-state index in [0.29, 0.717) is 24.2 Å². The third kappa shape index (κ3) is 7.27. The zero-order chi connectivity index (χ0) is 17.0. The van der Waals surface area contributed by atoms with Crippen LogP contribution in [0.4, 0.5) is 0 Å². The Balaban J connectivity index is 1.58. The zero-order valence-corrected chi connectivity index (χ0v) is 14.7. The van der Waals surface area contributed by atoms with Gasteiger partial charge in [-0.25, -0.2) is 4.99 Å². The van der Waals surface area contributed by atoms with Crippen molar-refractivity contribution in [1.82, 2.24) is 20.8 Å². The maximum absolute atomic E-state index is 5.76. The van der Waals surface area contributed by atoms with E-state index in [9.17, 15) is 0 Å². The van der Waals surface area contributed by atoms with Gasteiger partial charge in [0.1, 0.15) is 6.54 Å². The van der Waals surface area contributed by atoms with Crippen LogP contribution in [0.25, 0.3) is 0 Å². The molecule has 8 nitrogen and oxygen atoms in total. The summed E-state index contributed by atoms with van der Waals surface area (Å²) in [6.45, 7) is 9.16. The number of nitrogens with one attached hydrogen (secondary N) is 2. The lowest BCUT2D eigenvalue weighted by molar-refractivity contribution is 0.0203. The summed E-state index contributed by atoms with van der Waals surface area (Å²) in [4.78, 5) is 8.58. The molecule has 0 aliphatic carbocycles. The summed E-state index contributed by atoms with van der Waals surface area (Å²) in [6, 6.07) is 0. The smallest absolute Gasteiger partial charge is 0.223 e. The number of ether oxygens (including phenoxy) is 2. The fourth-order valence-corrected chi connectivity index (χ4v) is 2.44. The van der Waals surface area contributed by atoms with Crippen molar-refractivity contribution in [3.05, 3.63) is 11.7 Å². The highest BCUT2D eigenvalue weighted by Crippen LogP contribution is 2.14. The second-order valence-electron chi connectivity index (χ2n) is 5.84. The summed E-state index contributed by atoms with van der Waals surface area (Å²) in [7, 11) is 0. The second-order valence-corrected chi connectivity index (χ2v) is 5.84. The van der Waals surface area contributed by atoms with E-state index in [-0.39, 0.29) is 0 Å². The van der Waals surface area contributed by atoms with Gasteiger partial charge in [0.2, 0.25) is 5.89 Å². The number of hydrogen-bond acceptors (Lipinski definition) is 6. The van der Waals surface area contributed by atoms with Crippen molar-refractivity contribution in [3.63, 3.8) is 0 Å². The number of aliphatic imine (C=N–C) groups is 1. The van der Waals surface area contributed by atoms with E-state index >= 15 is 0 Å². The van der Waals surface area contributed by atoms with Gasteiger partial charge < -0.3 is 24.6 Å². The summed E-state index contributed by atoms with van der Waals surface area (Å²) in [5.74, 6) is 2.55. The minimum Gasteiger partial charge on any atom is -0.381 e. The molecule has 2 heterocycles. The van der Waals surface area contributed by atoms with Crippen molar-refractivity contribution in [2.75, 3.05) is 39.5 Å². The Labute approximate surface area is 143 Å². The molecule has 0 bridgehead atoms. The molecular formula is C16H29N5O3. The second kappa shape index (κ2) is 11.0. The average Bonchev–Trinajstić information content (AvgIpc) is 3.02. The van der Waals surface area contributed by atoms with E-state index < -0.39 is 0 Å². The highest BCUT2D eigenvalue weighted by Gasteiger charge is 2.13. The third-order valence-electron chi connectivity index (χ3n) is 3.74. The Bertz CT molecular complexity index is 486. The fourth-order valence-electron chi connectivity index (χ4n) is 2.44. The first-order valence-corrected chi connectivity index (χ1v) is 8.74. The van der Waals surface area contributed by atoms with Gasteiger partial charge in [0, 0.05) is 46.4 Å². The number of guanidine groups is 1. The lowest BCUT2D eigenvalue weighted by Crippen LogP contribution is -2.38. The lowest BCUT2D eigenvalue weighted by atomic mass is 10.0. The van der Waals surface area contributed by atoms with Crippen LogP contribution in [0.1, 0.15) is 37.9 Å². The Hall–Kier alpha value is -1.67. The van der Waals surface area contributed by atoms with Crippen molar-refractivity contribution in [2.45, 2.75) is 39.7 Å². The minimum atomic E-state index is 0.396. The van der Waals surface area contributed by atoms with Crippen LogP contribution < -0.4 is 10.6 Å². The first kappa shape index (κ1) is 18.7. The van der Waals surface area contributed by atoms with E-state index in [1.807, 2.05) is 6.92 Å². The number of aryl methyl sites for hydroxylation is 1. The van der Waals surface area contributed by atoms with Crippen molar-refractivity contribution in [2.24, 2.45) is 10.9 Å². The summed E-state index contributed by atoms with van der Waals surface area (Å²) in [6.07, 6.45) is 3.17. The van der Waals surface area contributed by atoms with Crippen LogP contribution in [0.15, 0.2) is 9.52 Å². The molecule has 0 amide bonds. The first-order valence-electron chi connectivity index (χ1n) is 8.74. The largest absolute Gasteiger partial charge is 0.381 e. The van der Waals surface area contributed by atoms with Crippen LogP contribution in [0.2, 0.25) is 0 Å². The van der Waals surface area contributed by atoms with E-state index in [4.69, 9.17) is 14.0 Å². The Kier molecular flexibility index (Phi) is 8.54. The van der Waals surface area contributed by atoms with Crippen molar-refractivity contribution < 1.29 is 14.0 Å². The molecule has 1 saturated heterocycles. The van der Waals surface area contributed by atoms with Crippen LogP contribution >= 0.6 is 0 Å². The standard InChI is InChI=1S/C16H29N5O3/c1-3-17-16(19-11-15-20-13(2)24-21-15)18-7-4-8-23-12-14-5-9-22-10-6-14/h14H,3-12H2,1-2H3,(H2,17,18,19). The molecule has 1 fully saturated rings. The predicted octanol–water partition coefficient (Wildman–Crippen LogP) is 1.27. The average molecular weight is 339 g/mol. The fraction of sp³-hybridized carbons (Fsp3) is 0.812. The molecule has 136 valence electrons. The third-order valence-corrected chi connectivity index (χ3v) is 3.74. The van der Waals surface area contributed by atoms with Gasteiger partial charge in [0.25, 0.3) is 0 Å². The first-order chi connectivity index (χ1) is 11.8. The number of rotatable bonds is 9. The van der Waals surface area contributed by atoms with E-state index in [1.165, 1.54) is 0 Å². The van der Waals surface area contributed by atoms with Crippen LogP contribution in [0, 0.1) is 12.8 Å². The van der Waals surface area contributed by atoms with Crippen LogP contribution in [0.3, 0.4) is 0 Å². The van der Waals surface area contributed by atoms with Gasteiger partial charge >= 0.3 is 0 Å². The minimum absolute atomic E-state index is 0.396. The normalized spacial score (nSPS) is 16.3. The number of hydrogen-bond donors (Lipinski definition) is 2. The molecule has 8 heteroatoms. The summed E-state index contributed by atoms with van der Waals surface area (Å²) in [5.41, 5.74) is 0. The molecule has 1 aliphatic rings. The monoisotopic (exact) mass is 339 g/mol. The molecule has 0 saturated carbocycles. The summed E-state index contributed by atoms with van der Waals surface area (Å²) >= 11 is 0. The number of nitrogens with zero attached hydrogens (tertiary/aromatic N) is 3. The lowest BCUT2D eigenvalue weighted by Gasteiger charge is -2.21. The molecule has 24 heavy (non-hydrogen) atoms. The van der Waals surface area contributed by atoms with Gasteiger partial charge in [-0.1, -0.05) is 5.16 Å². The van der Waals surface area contributed by atoms with Gasteiger partial charge in [0.05, 0.1) is 0 Å². The van der Waals surface area contributed by atoms with E-state index in [1.54, 1.807) is 6.92 Å². The van der Waals surface area contributed by atoms with Crippen LogP contribution in [-0.2, 0) is 16.0 Å². The molecule has 0 radical (unpaired) electrons.